The number of aromatic nitrogens is 1. The van der Waals surface area contributed by atoms with Crippen LogP contribution in [0.5, 0.6) is 0 Å². The minimum atomic E-state index is -0.878. The number of morpholine rings is 1. The number of ether oxygens (including phenoxy) is 2. The normalized spacial score (nSPS) is 20.6. The first-order valence-electron chi connectivity index (χ1n) is 11.3. The Morgan fingerprint density at radius 2 is 2.19 bits per heavy atom. The summed E-state index contributed by atoms with van der Waals surface area (Å²) in [6, 6.07) is 3.39. The summed E-state index contributed by atoms with van der Waals surface area (Å²) in [6.45, 7) is 3.59. The fourth-order valence-corrected chi connectivity index (χ4v) is 4.85. The Balaban J connectivity index is 1.73. The molecule has 0 saturated carbocycles. The molecule has 0 amide bonds. The van der Waals surface area contributed by atoms with E-state index in [0.29, 0.717) is 65.7 Å². The van der Waals surface area contributed by atoms with E-state index in [2.05, 4.69) is 31.1 Å². The number of oxazole rings is 1. The highest BCUT2D eigenvalue weighted by Crippen LogP contribution is 2.37. The molecule has 3 heterocycles. The molecule has 2 aromatic rings. The molecule has 0 bridgehead atoms. The molecule has 0 unspecified atom stereocenters. The molecule has 192 valence electrons. The number of methoxy groups -OCH3 is 1. The predicted octanol–water partition coefficient (Wildman–Crippen LogP) is 2.97. The summed E-state index contributed by atoms with van der Waals surface area (Å²) in [7, 11) is 1.29. The van der Waals surface area contributed by atoms with Gasteiger partial charge in [0.05, 0.1) is 25.4 Å². The largest absolute Gasteiger partial charge is 0.481 e. The van der Waals surface area contributed by atoms with Gasteiger partial charge in [-0.3, -0.25) is 14.7 Å². The second-order valence-electron chi connectivity index (χ2n) is 8.47. The van der Waals surface area contributed by atoms with Gasteiger partial charge in [-0.2, -0.15) is 0 Å². The SMILES string of the molecule is COC(=O)C1=C(CN2CCO[C@H](CCC(=O)O)C2)NC(c2ncoc2C)=N[C@H]1c1ccc(F)cc1Br. The van der Waals surface area contributed by atoms with Crippen LogP contribution in [0.3, 0.4) is 0 Å². The quantitative estimate of drug-likeness (QED) is 0.465. The van der Waals surface area contributed by atoms with Crippen LogP contribution < -0.4 is 5.32 Å². The zero-order valence-electron chi connectivity index (χ0n) is 19.8. The first-order valence-corrected chi connectivity index (χ1v) is 12.1. The van der Waals surface area contributed by atoms with Gasteiger partial charge in [0.2, 0.25) is 0 Å². The Kier molecular flexibility index (Phi) is 8.17. The van der Waals surface area contributed by atoms with Gasteiger partial charge in [-0.1, -0.05) is 22.0 Å². The lowest BCUT2D eigenvalue weighted by molar-refractivity contribution is -0.138. The van der Waals surface area contributed by atoms with Crippen LogP contribution in [0.4, 0.5) is 4.39 Å². The van der Waals surface area contributed by atoms with Gasteiger partial charge < -0.3 is 24.3 Å². The monoisotopic (exact) mass is 564 g/mol. The van der Waals surface area contributed by atoms with E-state index in [1.807, 2.05) is 0 Å². The predicted molar refractivity (Wildman–Crippen MR) is 130 cm³/mol. The number of halogens is 2. The van der Waals surface area contributed by atoms with E-state index in [4.69, 9.17) is 24.0 Å². The summed E-state index contributed by atoms with van der Waals surface area (Å²) in [6.07, 6.45) is 1.47. The maximum atomic E-state index is 13.9. The first kappa shape index (κ1) is 26.0. The van der Waals surface area contributed by atoms with Gasteiger partial charge in [0, 0.05) is 36.2 Å². The number of hydrogen-bond acceptors (Lipinski definition) is 9. The van der Waals surface area contributed by atoms with Crippen LogP contribution in [0.25, 0.3) is 0 Å². The van der Waals surface area contributed by atoms with Gasteiger partial charge >= 0.3 is 11.9 Å². The minimum Gasteiger partial charge on any atom is -0.481 e. The van der Waals surface area contributed by atoms with E-state index in [0.717, 1.165) is 0 Å². The number of nitrogens with one attached hydrogen (secondary N) is 1. The Morgan fingerprint density at radius 1 is 1.39 bits per heavy atom. The molecule has 1 aromatic carbocycles. The molecule has 12 heteroatoms. The van der Waals surface area contributed by atoms with Crippen molar-refractivity contribution < 1.29 is 33.0 Å². The summed E-state index contributed by atoms with van der Waals surface area (Å²) in [5, 5.41) is 12.3. The van der Waals surface area contributed by atoms with E-state index in [9.17, 15) is 14.0 Å². The maximum Gasteiger partial charge on any atom is 0.338 e. The molecule has 2 N–H and O–H groups in total. The molecule has 2 atom stereocenters. The second kappa shape index (κ2) is 11.3. The van der Waals surface area contributed by atoms with Crippen LogP contribution in [0.1, 0.15) is 35.9 Å². The van der Waals surface area contributed by atoms with Crippen molar-refractivity contribution in [2.75, 3.05) is 33.4 Å². The molecular weight excluding hydrogens is 539 g/mol. The van der Waals surface area contributed by atoms with Crippen molar-refractivity contribution in [2.24, 2.45) is 4.99 Å². The number of aliphatic imine (C=N–C) groups is 1. The summed E-state index contributed by atoms with van der Waals surface area (Å²) >= 11 is 3.41. The summed E-state index contributed by atoms with van der Waals surface area (Å²) in [4.78, 5) is 35.2. The molecule has 0 spiro atoms. The lowest BCUT2D eigenvalue weighted by Crippen LogP contribution is -2.46. The van der Waals surface area contributed by atoms with E-state index >= 15 is 0 Å². The van der Waals surface area contributed by atoms with Gasteiger partial charge in [-0.15, -0.1) is 0 Å². The smallest absolute Gasteiger partial charge is 0.338 e. The Hall–Kier alpha value is -3.09. The number of carboxylic acid groups (broad SMARTS) is 1. The zero-order chi connectivity index (χ0) is 25.8. The van der Waals surface area contributed by atoms with Crippen molar-refractivity contribution in [1.82, 2.24) is 15.2 Å². The number of carbonyl (C=O) groups excluding carboxylic acids is 1. The van der Waals surface area contributed by atoms with Crippen LogP contribution in [0, 0.1) is 12.7 Å². The number of nitrogens with zero attached hydrogens (tertiary/aromatic N) is 3. The van der Waals surface area contributed by atoms with Crippen molar-refractivity contribution >= 4 is 33.7 Å². The molecule has 1 aromatic heterocycles. The highest BCUT2D eigenvalue weighted by atomic mass is 79.9. The number of benzene rings is 1. The molecule has 4 rings (SSSR count). The van der Waals surface area contributed by atoms with Crippen LogP contribution in [0.2, 0.25) is 0 Å². The van der Waals surface area contributed by atoms with E-state index in [1.165, 1.54) is 25.6 Å². The Labute approximate surface area is 215 Å². The maximum absolute atomic E-state index is 13.9. The average Bonchev–Trinajstić information content (AvgIpc) is 3.28. The molecule has 2 aliphatic rings. The van der Waals surface area contributed by atoms with Crippen LogP contribution in [0.15, 0.2) is 49.7 Å². The van der Waals surface area contributed by atoms with E-state index < -0.39 is 23.8 Å². The summed E-state index contributed by atoms with van der Waals surface area (Å²) in [5.41, 5.74) is 1.90. The molecule has 0 aliphatic carbocycles. The van der Waals surface area contributed by atoms with Crippen molar-refractivity contribution in [1.29, 1.82) is 0 Å². The third-order valence-electron chi connectivity index (χ3n) is 6.04. The molecule has 1 fully saturated rings. The summed E-state index contributed by atoms with van der Waals surface area (Å²) < 4.78 is 30.5. The average molecular weight is 565 g/mol. The van der Waals surface area contributed by atoms with Crippen molar-refractivity contribution in [3.63, 3.8) is 0 Å². The molecule has 10 nitrogen and oxygen atoms in total. The molecular formula is C24H26BrFN4O6. The lowest BCUT2D eigenvalue weighted by atomic mass is 9.95. The topological polar surface area (TPSA) is 126 Å². The van der Waals surface area contributed by atoms with Crippen molar-refractivity contribution in [2.45, 2.75) is 31.9 Å². The summed E-state index contributed by atoms with van der Waals surface area (Å²) in [5.74, 6) is -0.938. The van der Waals surface area contributed by atoms with Gasteiger partial charge in [0.25, 0.3) is 0 Å². The number of aryl methyl sites for hydroxylation is 1. The minimum absolute atomic E-state index is 0.00970. The van der Waals surface area contributed by atoms with Gasteiger partial charge in [0.15, 0.2) is 12.2 Å². The number of hydrogen-bond donors (Lipinski definition) is 2. The van der Waals surface area contributed by atoms with Crippen LogP contribution >= 0.6 is 15.9 Å². The fraction of sp³-hybridized carbons (Fsp3) is 0.417. The van der Waals surface area contributed by atoms with Crippen LogP contribution in [-0.2, 0) is 19.1 Å². The highest BCUT2D eigenvalue weighted by molar-refractivity contribution is 9.10. The molecule has 0 radical (unpaired) electrons. The zero-order valence-corrected chi connectivity index (χ0v) is 21.4. The lowest BCUT2D eigenvalue weighted by Gasteiger charge is -2.35. The van der Waals surface area contributed by atoms with Crippen LogP contribution in [-0.4, -0.2) is 72.2 Å². The van der Waals surface area contributed by atoms with Gasteiger partial charge in [-0.05, 0) is 31.0 Å². The van der Waals surface area contributed by atoms with Crippen molar-refractivity contribution in [3.05, 3.63) is 63.2 Å². The number of esters is 1. The number of aliphatic carboxylic acids is 1. The highest BCUT2D eigenvalue weighted by Gasteiger charge is 2.35. The number of carbonyl (C=O) groups is 2. The number of amidine groups is 1. The third-order valence-corrected chi connectivity index (χ3v) is 6.73. The van der Waals surface area contributed by atoms with E-state index in [-0.39, 0.29) is 18.1 Å². The number of carboxylic acids is 1. The second-order valence-corrected chi connectivity index (χ2v) is 9.33. The molecule has 1 saturated heterocycles. The first-order chi connectivity index (χ1) is 17.3. The van der Waals surface area contributed by atoms with Gasteiger partial charge in [-0.25, -0.2) is 14.2 Å². The Bertz CT molecular complexity index is 1210. The standard InChI is InChI=1S/C24H26BrFN4O6/c1-13-21(27-12-36-13)23-28-18(11-30-7-8-35-15(10-30)4-6-19(31)32)20(24(33)34-2)22(29-23)16-5-3-14(26)9-17(16)25/h3,5,9,12,15,22H,4,6-8,10-11H2,1-2H3,(H,28,29)(H,31,32)/t15-,22+/m1/s1. The van der Waals surface area contributed by atoms with Crippen molar-refractivity contribution in [3.8, 4) is 0 Å². The number of rotatable bonds is 8. The molecule has 36 heavy (non-hydrogen) atoms. The third kappa shape index (κ3) is 5.82. The van der Waals surface area contributed by atoms with Gasteiger partial charge in [0.1, 0.15) is 23.3 Å². The fourth-order valence-electron chi connectivity index (χ4n) is 4.28. The van der Waals surface area contributed by atoms with E-state index in [1.54, 1.807) is 13.0 Å². The Morgan fingerprint density at radius 3 is 2.86 bits per heavy atom. The molecule has 2 aliphatic heterocycles.